The molecule has 1 aliphatic heterocycles. The number of benzene rings is 1. The van der Waals surface area contributed by atoms with E-state index < -0.39 is 15.8 Å². The van der Waals surface area contributed by atoms with Gasteiger partial charge in [-0.05, 0) is 55.5 Å². The third kappa shape index (κ3) is 3.70. The summed E-state index contributed by atoms with van der Waals surface area (Å²) in [5, 5.41) is -0.225. The van der Waals surface area contributed by atoms with E-state index >= 15 is 0 Å². The number of carbonyl (C=O) groups excluding carboxylic acids is 1. The van der Waals surface area contributed by atoms with Gasteiger partial charge in [-0.1, -0.05) is 11.6 Å². The number of amides is 1. The fourth-order valence-corrected chi connectivity index (χ4v) is 6.59. The van der Waals surface area contributed by atoms with Crippen LogP contribution in [0.25, 0.3) is 0 Å². The number of hydrogen-bond donors (Lipinski definition) is 0. The minimum atomic E-state index is -3.77. The van der Waals surface area contributed by atoms with Crippen LogP contribution in [0.1, 0.15) is 33.0 Å². The summed E-state index contributed by atoms with van der Waals surface area (Å²) >= 11 is 7.29. The van der Waals surface area contributed by atoms with Crippen molar-refractivity contribution in [1.29, 1.82) is 0 Å². The van der Waals surface area contributed by atoms with Crippen LogP contribution in [0, 0.1) is 5.82 Å². The lowest BCUT2D eigenvalue weighted by Gasteiger charge is -2.33. The highest BCUT2D eigenvalue weighted by Gasteiger charge is 2.31. The van der Waals surface area contributed by atoms with Gasteiger partial charge in [-0.2, -0.15) is 4.31 Å². The monoisotopic (exact) mass is 442 g/mol. The zero-order chi connectivity index (χ0) is 19.9. The van der Waals surface area contributed by atoms with E-state index in [1.807, 2.05) is 6.07 Å². The predicted molar refractivity (Wildman–Crippen MR) is 107 cm³/mol. The first-order valence-electron chi connectivity index (χ1n) is 9.22. The van der Waals surface area contributed by atoms with Crippen molar-refractivity contribution in [1.82, 2.24) is 9.21 Å². The highest BCUT2D eigenvalue weighted by atomic mass is 35.5. The molecule has 28 heavy (non-hydrogen) atoms. The Morgan fingerprint density at radius 3 is 2.46 bits per heavy atom. The normalized spacial score (nSPS) is 18.1. The number of nitrogens with zero attached hydrogens (tertiary/aromatic N) is 2. The van der Waals surface area contributed by atoms with E-state index in [0.29, 0.717) is 13.1 Å². The van der Waals surface area contributed by atoms with Crippen molar-refractivity contribution in [3.8, 4) is 0 Å². The molecule has 1 aromatic carbocycles. The summed E-state index contributed by atoms with van der Waals surface area (Å²) in [7, 11) is -3.77. The number of sulfonamides is 1. The van der Waals surface area contributed by atoms with Crippen LogP contribution in [0.5, 0.6) is 0 Å². The van der Waals surface area contributed by atoms with Gasteiger partial charge in [0.15, 0.2) is 0 Å². The van der Waals surface area contributed by atoms with Gasteiger partial charge in [-0.25, -0.2) is 12.8 Å². The molecule has 0 saturated carbocycles. The Kier molecular flexibility index (Phi) is 5.48. The van der Waals surface area contributed by atoms with Crippen LogP contribution in [-0.2, 0) is 22.9 Å². The Morgan fingerprint density at radius 2 is 1.79 bits per heavy atom. The van der Waals surface area contributed by atoms with E-state index in [-0.39, 0.29) is 28.9 Å². The number of rotatable bonds is 3. The molecule has 0 bridgehead atoms. The van der Waals surface area contributed by atoms with Crippen LogP contribution >= 0.6 is 22.9 Å². The molecule has 0 N–H and O–H groups in total. The van der Waals surface area contributed by atoms with Crippen molar-refractivity contribution in [2.24, 2.45) is 0 Å². The Hall–Kier alpha value is -1.48. The number of hydrogen-bond acceptors (Lipinski definition) is 4. The molecule has 1 aromatic heterocycles. The van der Waals surface area contributed by atoms with E-state index in [9.17, 15) is 17.6 Å². The maximum Gasteiger partial charge on any atom is 0.264 e. The maximum atomic E-state index is 13.3. The predicted octanol–water partition coefficient (Wildman–Crippen LogP) is 3.57. The molecular formula is C19H20ClFN2O3S2. The molecule has 0 spiro atoms. The fraction of sp³-hybridized carbons (Fsp3) is 0.421. The summed E-state index contributed by atoms with van der Waals surface area (Å²) in [6, 6.07) is 5.39. The van der Waals surface area contributed by atoms with Crippen molar-refractivity contribution in [2.75, 3.05) is 26.2 Å². The second-order valence-corrected chi connectivity index (χ2v) is 10.5. The summed E-state index contributed by atoms with van der Waals surface area (Å²) in [4.78, 5) is 16.6. The fourth-order valence-electron chi connectivity index (χ4n) is 3.67. The van der Waals surface area contributed by atoms with Gasteiger partial charge < -0.3 is 4.90 Å². The van der Waals surface area contributed by atoms with Crippen LogP contribution in [0.3, 0.4) is 0 Å². The number of thiophene rings is 1. The molecule has 4 rings (SSSR count). The highest BCUT2D eigenvalue weighted by molar-refractivity contribution is 7.89. The van der Waals surface area contributed by atoms with Crippen molar-refractivity contribution < 1.29 is 17.6 Å². The second-order valence-electron chi connectivity index (χ2n) is 7.04. The topological polar surface area (TPSA) is 57.7 Å². The first-order chi connectivity index (χ1) is 13.4. The average molecular weight is 443 g/mol. The molecule has 150 valence electrons. The van der Waals surface area contributed by atoms with Crippen molar-refractivity contribution >= 4 is 38.9 Å². The SMILES string of the molecule is O=C(c1cc2c(s1)CCCC2)N1CCN(S(=O)(=O)c2ccc(F)c(Cl)c2)CC1. The van der Waals surface area contributed by atoms with Gasteiger partial charge in [0.1, 0.15) is 5.82 Å². The molecule has 2 aliphatic rings. The Balaban J connectivity index is 1.44. The van der Waals surface area contributed by atoms with E-state index in [2.05, 4.69) is 0 Å². The van der Waals surface area contributed by atoms with E-state index in [1.54, 1.807) is 16.2 Å². The van der Waals surface area contributed by atoms with Crippen LogP contribution < -0.4 is 0 Å². The highest BCUT2D eigenvalue weighted by Crippen LogP contribution is 2.31. The van der Waals surface area contributed by atoms with Crippen molar-refractivity contribution in [3.63, 3.8) is 0 Å². The van der Waals surface area contributed by atoms with E-state index in [0.717, 1.165) is 29.9 Å². The van der Waals surface area contributed by atoms with Crippen molar-refractivity contribution in [3.05, 3.63) is 50.4 Å². The van der Waals surface area contributed by atoms with E-state index in [1.165, 1.54) is 33.7 Å². The lowest BCUT2D eigenvalue weighted by Crippen LogP contribution is -2.50. The summed E-state index contributed by atoms with van der Waals surface area (Å²) in [6.45, 7) is 1.06. The first kappa shape index (κ1) is 19.8. The largest absolute Gasteiger partial charge is 0.335 e. The zero-order valence-corrected chi connectivity index (χ0v) is 17.5. The number of fused-ring (bicyclic) bond motifs is 1. The molecule has 2 aromatic rings. The standard InChI is InChI=1S/C19H20ClFN2O3S2/c20-15-12-14(5-6-16(15)21)28(25,26)23-9-7-22(8-10-23)19(24)18-11-13-3-1-2-4-17(13)27-18/h5-6,11-12H,1-4,7-10H2. The van der Waals surface area contributed by atoms with Crippen LogP contribution in [0.2, 0.25) is 5.02 Å². The number of piperazine rings is 1. The maximum absolute atomic E-state index is 13.3. The summed E-state index contributed by atoms with van der Waals surface area (Å²) in [5.74, 6) is -0.684. The molecular weight excluding hydrogens is 423 g/mol. The third-order valence-corrected chi connectivity index (χ3v) is 8.67. The van der Waals surface area contributed by atoms with Gasteiger partial charge in [0, 0.05) is 31.1 Å². The Bertz CT molecular complexity index is 991. The quantitative estimate of drug-likeness (QED) is 0.730. The lowest BCUT2D eigenvalue weighted by atomic mass is 9.99. The van der Waals surface area contributed by atoms with Gasteiger partial charge in [0.05, 0.1) is 14.8 Å². The van der Waals surface area contributed by atoms with Crippen LogP contribution in [0.4, 0.5) is 4.39 Å². The minimum Gasteiger partial charge on any atom is -0.335 e. The summed E-state index contributed by atoms with van der Waals surface area (Å²) < 4.78 is 40.2. The van der Waals surface area contributed by atoms with Crippen LogP contribution in [0.15, 0.2) is 29.2 Å². The second kappa shape index (κ2) is 7.74. The number of halogens is 2. The van der Waals surface area contributed by atoms with Gasteiger partial charge in [0.2, 0.25) is 10.0 Å². The van der Waals surface area contributed by atoms with Gasteiger partial charge >= 0.3 is 0 Å². The smallest absolute Gasteiger partial charge is 0.264 e. The molecule has 0 radical (unpaired) electrons. The lowest BCUT2D eigenvalue weighted by molar-refractivity contribution is 0.0702. The molecule has 9 heteroatoms. The molecule has 1 fully saturated rings. The zero-order valence-electron chi connectivity index (χ0n) is 15.2. The first-order valence-corrected chi connectivity index (χ1v) is 11.9. The summed E-state index contributed by atoms with van der Waals surface area (Å²) in [5.41, 5.74) is 1.29. The van der Waals surface area contributed by atoms with E-state index in [4.69, 9.17) is 11.6 Å². The molecule has 0 unspecified atom stereocenters. The van der Waals surface area contributed by atoms with Gasteiger partial charge in [-0.15, -0.1) is 11.3 Å². The van der Waals surface area contributed by atoms with Crippen molar-refractivity contribution in [2.45, 2.75) is 30.6 Å². The third-order valence-electron chi connectivity index (χ3n) is 5.26. The average Bonchev–Trinajstić information content (AvgIpc) is 3.13. The summed E-state index contributed by atoms with van der Waals surface area (Å²) in [6.07, 6.45) is 4.41. The minimum absolute atomic E-state index is 0.0266. The molecule has 1 amide bonds. The van der Waals surface area contributed by atoms with Gasteiger partial charge in [-0.3, -0.25) is 4.79 Å². The Labute approximate surface area is 172 Å². The molecule has 2 heterocycles. The molecule has 1 aliphatic carbocycles. The molecule has 5 nitrogen and oxygen atoms in total. The van der Waals surface area contributed by atoms with Crippen LogP contribution in [-0.4, -0.2) is 49.7 Å². The molecule has 0 atom stereocenters. The molecule has 1 saturated heterocycles. The number of aryl methyl sites for hydroxylation is 2. The number of carbonyl (C=O) groups is 1. The Morgan fingerprint density at radius 1 is 1.07 bits per heavy atom. The van der Waals surface area contributed by atoms with Gasteiger partial charge in [0.25, 0.3) is 5.91 Å².